The lowest BCUT2D eigenvalue weighted by Crippen LogP contribution is -2.59. The predicted octanol–water partition coefficient (Wildman–Crippen LogP) is 2.62. The molecule has 0 saturated heterocycles. The summed E-state index contributed by atoms with van der Waals surface area (Å²) < 4.78 is 10.1. The van der Waals surface area contributed by atoms with Crippen molar-refractivity contribution in [2.24, 2.45) is 0 Å². The maximum atomic E-state index is 13.7. The summed E-state index contributed by atoms with van der Waals surface area (Å²) in [5.74, 6) is -1.63. The number of esters is 1. The van der Waals surface area contributed by atoms with Gasteiger partial charge in [-0.2, -0.15) is 0 Å². The topological polar surface area (TPSA) is 134 Å². The molecule has 36 heavy (non-hydrogen) atoms. The van der Waals surface area contributed by atoms with Gasteiger partial charge in [0.25, 0.3) is 0 Å². The molecule has 1 aromatic carbocycles. The number of alkyl carbamates (subject to hydrolysis) is 1. The molecule has 0 radical (unpaired) electrons. The molecule has 0 aliphatic heterocycles. The molecule has 0 fully saturated rings. The number of aryl methyl sites for hydroxylation is 1. The third-order valence-corrected chi connectivity index (χ3v) is 4.97. The number of ether oxygens (including phenoxy) is 2. The van der Waals surface area contributed by atoms with Crippen LogP contribution in [-0.4, -0.2) is 70.8 Å². The lowest BCUT2D eigenvalue weighted by Gasteiger charge is -2.42. The van der Waals surface area contributed by atoms with Crippen LogP contribution in [0.25, 0.3) is 0 Å². The van der Waals surface area contributed by atoms with Crippen LogP contribution in [0.2, 0.25) is 0 Å². The van der Waals surface area contributed by atoms with Crippen molar-refractivity contribution < 1.29 is 33.8 Å². The van der Waals surface area contributed by atoms with Gasteiger partial charge in [0.05, 0.1) is 19.6 Å². The van der Waals surface area contributed by atoms with Crippen molar-refractivity contribution in [1.82, 2.24) is 15.5 Å². The van der Waals surface area contributed by atoms with Gasteiger partial charge in [0.2, 0.25) is 11.8 Å². The molecule has 0 aliphatic carbocycles. The molecule has 0 bridgehead atoms. The SMILES string of the molecule is CCOC(=O)CCNC(=O)C(c1ccc(C)cc1)N(C(=O)C(CO)NC(=O)OC(C)(C)C)C(C)(C)C. The Hall–Kier alpha value is -3.14. The highest BCUT2D eigenvalue weighted by molar-refractivity contribution is 5.92. The van der Waals surface area contributed by atoms with E-state index in [1.54, 1.807) is 60.6 Å². The molecule has 0 spiro atoms. The second kappa shape index (κ2) is 13.2. The van der Waals surface area contributed by atoms with E-state index in [4.69, 9.17) is 9.47 Å². The van der Waals surface area contributed by atoms with Crippen LogP contribution in [0, 0.1) is 6.92 Å². The molecule has 3 N–H and O–H groups in total. The van der Waals surface area contributed by atoms with Crippen LogP contribution >= 0.6 is 0 Å². The third-order valence-electron chi connectivity index (χ3n) is 4.97. The molecule has 1 aromatic rings. The summed E-state index contributed by atoms with van der Waals surface area (Å²) in [7, 11) is 0. The van der Waals surface area contributed by atoms with Crippen LogP contribution in [0.1, 0.15) is 72.1 Å². The Kier molecular flexibility index (Phi) is 11.4. The number of hydrogen-bond acceptors (Lipinski definition) is 7. The minimum absolute atomic E-state index is 0.0196. The predicted molar refractivity (Wildman–Crippen MR) is 135 cm³/mol. The first-order chi connectivity index (χ1) is 16.6. The molecule has 1 rings (SSSR count). The maximum Gasteiger partial charge on any atom is 0.408 e. The Morgan fingerprint density at radius 2 is 1.61 bits per heavy atom. The van der Waals surface area contributed by atoms with Crippen LogP contribution in [0.4, 0.5) is 4.79 Å². The van der Waals surface area contributed by atoms with Gasteiger partial charge in [0.1, 0.15) is 17.7 Å². The van der Waals surface area contributed by atoms with Crippen molar-refractivity contribution >= 4 is 23.9 Å². The second-order valence-electron chi connectivity index (χ2n) is 10.4. The van der Waals surface area contributed by atoms with Gasteiger partial charge in [0.15, 0.2) is 0 Å². The molecule has 0 aliphatic rings. The average Bonchev–Trinajstić information content (AvgIpc) is 2.74. The largest absolute Gasteiger partial charge is 0.466 e. The van der Waals surface area contributed by atoms with E-state index in [9.17, 15) is 24.3 Å². The molecule has 0 saturated carbocycles. The van der Waals surface area contributed by atoms with Gasteiger partial charge in [-0.3, -0.25) is 14.4 Å². The van der Waals surface area contributed by atoms with Crippen LogP contribution in [0.3, 0.4) is 0 Å². The molecule has 2 unspecified atom stereocenters. The Labute approximate surface area is 213 Å². The van der Waals surface area contributed by atoms with E-state index >= 15 is 0 Å². The summed E-state index contributed by atoms with van der Waals surface area (Å²) in [4.78, 5) is 52.5. The zero-order valence-corrected chi connectivity index (χ0v) is 22.6. The maximum absolute atomic E-state index is 13.7. The van der Waals surface area contributed by atoms with Gasteiger partial charge in [-0.05, 0) is 61.0 Å². The van der Waals surface area contributed by atoms with Crippen LogP contribution in [-0.2, 0) is 23.9 Å². The summed E-state index contributed by atoms with van der Waals surface area (Å²) in [6, 6.07) is 4.68. The van der Waals surface area contributed by atoms with Crippen LogP contribution in [0.5, 0.6) is 0 Å². The van der Waals surface area contributed by atoms with E-state index in [2.05, 4.69) is 10.6 Å². The normalized spacial score (nSPS) is 13.2. The fraction of sp³-hybridized carbons (Fsp3) is 0.615. The lowest BCUT2D eigenvalue weighted by molar-refractivity contribution is -0.149. The second-order valence-corrected chi connectivity index (χ2v) is 10.4. The molecule has 2 atom stereocenters. The first kappa shape index (κ1) is 30.9. The van der Waals surface area contributed by atoms with Crippen LogP contribution in [0.15, 0.2) is 24.3 Å². The van der Waals surface area contributed by atoms with Crippen molar-refractivity contribution in [2.45, 2.75) is 85.0 Å². The minimum atomic E-state index is -1.35. The molecule has 10 nitrogen and oxygen atoms in total. The van der Waals surface area contributed by atoms with Gasteiger partial charge < -0.3 is 30.1 Å². The van der Waals surface area contributed by atoms with Gasteiger partial charge in [-0.25, -0.2) is 4.79 Å². The quantitative estimate of drug-likeness (QED) is 0.415. The van der Waals surface area contributed by atoms with Gasteiger partial charge in [-0.1, -0.05) is 29.8 Å². The van der Waals surface area contributed by atoms with E-state index in [-0.39, 0.29) is 19.6 Å². The highest BCUT2D eigenvalue weighted by Gasteiger charge is 2.41. The fourth-order valence-electron chi connectivity index (χ4n) is 3.43. The smallest absolute Gasteiger partial charge is 0.408 e. The molecule has 202 valence electrons. The number of carbonyl (C=O) groups is 4. The van der Waals surface area contributed by atoms with Gasteiger partial charge in [-0.15, -0.1) is 0 Å². The number of amides is 3. The number of hydrogen-bond donors (Lipinski definition) is 3. The summed E-state index contributed by atoms with van der Waals surface area (Å²) in [6.07, 6.45) is -0.891. The van der Waals surface area contributed by atoms with Crippen molar-refractivity contribution in [3.8, 4) is 0 Å². The first-order valence-corrected chi connectivity index (χ1v) is 12.0. The van der Waals surface area contributed by atoms with Crippen molar-refractivity contribution in [1.29, 1.82) is 0 Å². The summed E-state index contributed by atoms with van der Waals surface area (Å²) in [5.41, 5.74) is -0.200. The average molecular weight is 508 g/mol. The number of aliphatic hydroxyl groups excluding tert-OH is 1. The zero-order valence-electron chi connectivity index (χ0n) is 22.6. The summed E-state index contributed by atoms with van der Waals surface area (Å²) in [5, 5.41) is 15.1. The number of benzene rings is 1. The van der Waals surface area contributed by atoms with Gasteiger partial charge >= 0.3 is 12.1 Å². The lowest BCUT2D eigenvalue weighted by atomic mass is 9.95. The number of nitrogens with one attached hydrogen (secondary N) is 2. The highest BCUT2D eigenvalue weighted by Crippen LogP contribution is 2.30. The van der Waals surface area contributed by atoms with Crippen LogP contribution < -0.4 is 10.6 Å². The molecular formula is C26H41N3O7. The first-order valence-electron chi connectivity index (χ1n) is 12.0. The monoisotopic (exact) mass is 507 g/mol. The molecular weight excluding hydrogens is 466 g/mol. The van der Waals surface area contributed by atoms with Crippen molar-refractivity contribution in [3.05, 3.63) is 35.4 Å². The van der Waals surface area contributed by atoms with E-state index in [0.717, 1.165) is 5.56 Å². The number of aliphatic hydroxyl groups is 1. The van der Waals surface area contributed by atoms with E-state index in [0.29, 0.717) is 5.56 Å². The minimum Gasteiger partial charge on any atom is -0.466 e. The summed E-state index contributed by atoms with van der Waals surface area (Å²) >= 11 is 0. The Morgan fingerprint density at radius 3 is 2.08 bits per heavy atom. The standard InChI is InChI=1S/C26H41N3O7/c1-9-35-20(31)14-15-27-22(32)21(18-12-10-17(2)11-13-18)29(25(3,4)5)23(33)19(16-30)28-24(34)36-26(6,7)8/h10-13,19,21,30H,9,14-16H2,1-8H3,(H,27,32)(H,28,34). The number of rotatable bonds is 10. The van der Waals surface area contributed by atoms with E-state index in [1.165, 1.54) is 4.90 Å². The molecule has 0 heterocycles. The number of nitrogens with zero attached hydrogens (tertiary/aromatic N) is 1. The zero-order chi connectivity index (χ0) is 27.7. The van der Waals surface area contributed by atoms with Crippen molar-refractivity contribution in [3.63, 3.8) is 0 Å². The summed E-state index contributed by atoms with van der Waals surface area (Å²) in [6.45, 7) is 13.4. The molecule has 3 amide bonds. The number of carbonyl (C=O) groups excluding carboxylic acids is 4. The highest BCUT2D eigenvalue weighted by atomic mass is 16.6. The van der Waals surface area contributed by atoms with Gasteiger partial charge in [0, 0.05) is 12.1 Å². The Morgan fingerprint density at radius 1 is 1.03 bits per heavy atom. The fourth-order valence-corrected chi connectivity index (χ4v) is 3.43. The third kappa shape index (κ3) is 9.85. The van der Waals surface area contributed by atoms with Crippen molar-refractivity contribution in [2.75, 3.05) is 19.8 Å². The van der Waals surface area contributed by atoms with E-state index in [1.807, 2.05) is 19.1 Å². The Balaban J connectivity index is 3.35. The molecule has 0 aromatic heterocycles. The molecule has 10 heteroatoms. The Bertz CT molecular complexity index is 902. The van der Waals surface area contributed by atoms with E-state index < -0.39 is 53.7 Å².